The topological polar surface area (TPSA) is 55.1 Å². The molecule has 0 spiro atoms. The fraction of sp³-hybridized carbons (Fsp3) is 0.533. The van der Waals surface area contributed by atoms with E-state index in [9.17, 15) is 0 Å². The van der Waals surface area contributed by atoms with E-state index in [1.54, 1.807) is 0 Å². The van der Waals surface area contributed by atoms with Crippen molar-refractivity contribution in [3.8, 4) is 0 Å². The van der Waals surface area contributed by atoms with Crippen LogP contribution in [0.1, 0.15) is 43.0 Å². The predicted octanol–water partition coefficient (Wildman–Crippen LogP) is 2.41. The molecule has 3 heterocycles. The molecular weight excluding hydrogens is 252 g/mol. The van der Waals surface area contributed by atoms with Crippen LogP contribution >= 0.6 is 0 Å². The van der Waals surface area contributed by atoms with Crippen LogP contribution in [-0.2, 0) is 13.0 Å². The lowest BCUT2D eigenvalue weighted by atomic mass is 9.90. The number of hydrogen-bond donors (Lipinski definition) is 0. The molecule has 0 saturated carbocycles. The van der Waals surface area contributed by atoms with Crippen LogP contribution in [0.15, 0.2) is 29.0 Å². The summed E-state index contributed by atoms with van der Waals surface area (Å²) in [5.41, 5.74) is 1.41. The standard InChI is InChI=1S/C15H20N4O/c1-2-15-17-14(18-20-15)11-19-9-5-13(6-10-19)12-3-7-16-8-4-12/h3-4,7-8,13H,2,5-6,9-11H2,1H3. The highest BCUT2D eigenvalue weighted by Crippen LogP contribution is 2.27. The Morgan fingerprint density at radius 1 is 1.25 bits per heavy atom. The molecule has 2 aromatic heterocycles. The van der Waals surface area contributed by atoms with Crippen LogP contribution < -0.4 is 0 Å². The number of nitrogens with zero attached hydrogens (tertiary/aromatic N) is 4. The highest BCUT2D eigenvalue weighted by atomic mass is 16.5. The van der Waals surface area contributed by atoms with E-state index in [1.807, 2.05) is 19.3 Å². The summed E-state index contributed by atoms with van der Waals surface area (Å²) in [7, 11) is 0. The molecule has 1 fully saturated rings. The zero-order valence-electron chi connectivity index (χ0n) is 11.8. The maximum absolute atomic E-state index is 5.15. The number of likely N-dealkylation sites (tertiary alicyclic amines) is 1. The molecule has 5 heteroatoms. The van der Waals surface area contributed by atoms with Crippen molar-refractivity contribution in [2.45, 2.75) is 38.6 Å². The molecule has 0 N–H and O–H groups in total. The van der Waals surface area contributed by atoms with E-state index >= 15 is 0 Å². The Bertz CT molecular complexity index is 532. The summed E-state index contributed by atoms with van der Waals surface area (Å²) in [4.78, 5) is 10.9. The minimum atomic E-state index is 0.658. The van der Waals surface area contributed by atoms with E-state index in [-0.39, 0.29) is 0 Å². The summed E-state index contributed by atoms with van der Waals surface area (Å²) in [6.07, 6.45) is 6.93. The van der Waals surface area contributed by atoms with Gasteiger partial charge in [0.25, 0.3) is 0 Å². The van der Waals surface area contributed by atoms with Gasteiger partial charge in [0.05, 0.1) is 6.54 Å². The molecule has 0 bridgehead atoms. The van der Waals surface area contributed by atoms with E-state index in [1.165, 1.54) is 18.4 Å². The Labute approximate surface area is 119 Å². The number of aryl methyl sites for hydroxylation is 1. The normalized spacial score (nSPS) is 17.4. The van der Waals surface area contributed by atoms with Gasteiger partial charge in [-0.3, -0.25) is 9.88 Å². The Kier molecular flexibility index (Phi) is 4.06. The smallest absolute Gasteiger partial charge is 0.226 e. The number of piperidine rings is 1. The second-order valence-corrected chi connectivity index (χ2v) is 5.29. The molecule has 3 rings (SSSR count). The largest absolute Gasteiger partial charge is 0.339 e. The quantitative estimate of drug-likeness (QED) is 0.855. The number of hydrogen-bond acceptors (Lipinski definition) is 5. The molecule has 0 unspecified atom stereocenters. The van der Waals surface area contributed by atoms with E-state index in [0.717, 1.165) is 37.8 Å². The van der Waals surface area contributed by atoms with Crippen molar-refractivity contribution in [2.75, 3.05) is 13.1 Å². The third-order valence-corrected chi connectivity index (χ3v) is 3.94. The molecule has 1 aliphatic rings. The van der Waals surface area contributed by atoms with Gasteiger partial charge in [0.1, 0.15) is 0 Å². The average molecular weight is 272 g/mol. The van der Waals surface area contributed by atoms with Crippen molar-refractivity contribution < 1.29 is 4.52 Å². The fourth-order valence-corrected chi connectivity index (χ4v) is 2.76. The first-order valence-corrected chi connectivity index (χ1v) is 7.29. The van der Waals surface area contributed by atoms with Crippen LogP contribution in [0.3, 0.4) is 0 Å². The highest BCUT2D eigenvalue weighted by molar-refractivity contribution is 5.16. The lowest BCUT2D eigenvalue weighted by Gasteiger charge is -2.31. The fourth-order valence-electron chi connectivity index (χ4n) is 2.76. The third-order valence-electron chi connectivity index (χ3n) is 3.94. The molecule has 0 aromatic carbocycles. The monoisotopic (exact) mass is 272 g/mol. The van der Waals surface area contributed by atoms with Crippen molar-refractivity contribution in [1.82, 2.24) is 20.0 Å². The summed E-state index contributed by atoms with van der Waals surface area (Å²) >= 11 is 0. The maximum Gasteiger partial charge on any atom is 0.226 e. The van der Waals surface area contributed by atoms with Gasteiger partial charge in [0.2, 0.25) is 5.89 Å². The predicted molar refractivity (Wildman–Crippen MR) is 75.2 cm³/mol. The first kappa shape index (κ1) is 13.2. The zero-order chi connectivity index (χ0) is 13.8. The van der Waals surface area contributed by atoms with E-state index in [4.69, 9.17) is 4.52 Å². The van der Waals surface area contributed by atoms with Gasteiger partial charge < -0.3 is 4.52 Å². The van der Waals surface area contributed by atoms with Crippen LogP contribution in [0.5, 0.6) is 0 Å². The van der Waals surface area contributed by atoms with E-state index < -0.39 is 0 Å². The SMILES string of the molecule is CCc1nc(CN2CCC(c3ccncc3)CC2)no1. The average Bonchev–Trinajstić information content (AvgIpc) is 2.97. The third kappa shape index (κ3) is 3.04. The van der Waals surface area contributed by atoms with Gasteiger partial charge in [-0.1, -0.05) is 12.1 Å². The molecular formula is C15H20N4O. The molecule has 0 aliphatic carbocycles. The molecule has 0 atom stereocenters. The number of pyridine rings is 1. The van der Waals surface area contributed by atoms with Crippen LogP contribution in [-0.4, -0.2) is 33.1 Å². The second kappa shape index (κ2) is 6.13. The van der Waals surface area contributed by atoms with Crippen molar-refractivity contribution >= 4 is 0 Å². The first-order chi connectivity index (χ1) is 9.85. The summed E-state index contributed by atoms with van der Waals surface area (Å²) in [6, 6.07) is 4.26. The van der Waals surface area contributed by atoms with Crippen LogP contribution in [0.25, 0.3) is 0 Å². The molecule has 1 saturated heterocycles. The molecule has 1 aliphatic heterocycles. The summed E-state index contributed by atoms with van der Waals surface area (Å²) in [5.74, 6) is 2.20. The maximum atomic E-state index is 5.15. The highest BCUT2D eigenvalue weighted by Gasteiger charge is 2.21. The molecule has 5 nitrogen and oxygen atoms in total. The summed E-state index contributed by atoms with van der Waals surface area (Å²) < 4.78 is 5.15. The Hall–Kier alpha value is -1.75. The lowest BCUT2D eigenvalue weighted by Crippen LogP contribution is -2.32. The molecule has 2 aromatic rings. The van der Waals surface area contributed by atoms with Crippen molar-refractivity contribution in [2.24, 2.45) is 0 Å². The number of rotatable bonds is 4. The second-order valence-electron chi connectivity index (χ2n) is 5.29. The van der Waals surface area contributed by atoms with Crippen molar-refractivity contribution in [1.29, 1.82) is 0 Å². The van der Waals surface area contributed by atoms with E-state index in [2.05, 4.69) is 32.2 Å². The van der Waals surface area contributed by atoms with Crippen molar-refractivity contribution in [3.05, 3.63) is 41.8 Å². The summed E-state index contributed by atoms with van der Waals surface area (Å²) in [6.45, 7) is 5.00. The molecule has 0 amide bonds. The Morgan fingerprint density at radius 2 is 2.00 bits per heavy atom. The lowest BCUT2D eigenvalue weighted by molar-refractivity contribution is 0.198. The van der Waals surface area contributed by atoms with Crippen LogP contribution in [0.4, 0.5) is 0 Å². The van der Waals surface area contributed by atoms with Gasteiger partial charge in [0.15, 0.2) is 5.82 Å². The van der Waals surface area contributed by atoms with Gasteiger partial charge in [-0.15, -0.1) is 0 Å². The van der Waals surface area contributed by atoms with Gasteiger partial charge in [0, 0.05) is 18.8 Å². The molecule has 20 heavy (non-hydrogen) atoms. The zero-order valence-corrected chi connectivity index (χ0v) is 11.8. The first-order valence-electron chi connectivity index (χ1n) is 7.29. The molecule has 106 valence electrons. The minimum Gasteiger partial charge on any atom is -0.339 e. The summed E-state index contributed by atoms with van der Waals surface area (Å²) in [5, 5.41) is 4.02. The van der Waals surface area contributed by atoms with Gasteiger partial charge in [-0.05, 0) is 49.5 Å². The van der Waals surface area contributed by atoms with E-state index in [0.29, 0.717) is 5.92 Å². The van der Waals surface area contributed by atoms with Crippen LogP contribution in [0, 0.1) is 0 Å². The Morgan fingerprint density at radius 3 is 2.65 bits per heavy atom. The van der Waals surface area contributed by atoms with Crippen molar-refractivity contribution in [3.63, 3.8) is 0 Å². The number of aromatic nitrogens is 3. The molecule has 0 radical (unpaired) electrons. The minimum absolute atomic E-state index is 0.658. The van der Waals surface area contributed by atoms with Gasteiger partial charge in [-0.2, -0.15) is 4.98 Å². The van der Waals surface area contributed by atoms with Gasteiger partial charge in [-0.25, -0.2) is 0 Å². The van der Waals surface area contributed by atoms with Gasteiger partial charge >= 0.3 is 0 Å². The Balaban J connectivity index is 1.53. The van der Waals surface area contributed by atoms with Crippen LogP contribution in [0.2, 0.25) is 0 Å².